The van der Waals surface area contributed by atoms with Gasteiger partial charge in [-0.2, -0.15) is 0 Å². The number of ether oxygens (including phenoxy) is 1. The smallest absolute Gasteiger partial charge is 0.311 e. The summed E-state index contributed by atoms with van der Waals surface area (Å²) in [5.41, 5.74) is -0.378. The van der Waals surface area contributed by atoms with E-state index in [0.717, 1.165) is 24.6 Å². The number of hydrogen-bond donors (Lipinski definition) is 1. The topological polar surface area (TPSA) is 81.5 Å². The maximum Gasteiger partial charge on any atom is 0.311 e. The number of carbonyl (C=O) groups is 1. The number of nitro groups is 1. The first kappa shape index (κ1) is 14.9. The summed E-state index contributed by atoms with van der Waals surface area (Å²) >= 11 is 0. The molecular weight excluding hydrogens is 255 g/mol. The average molecular weight is 270 g/mol. The second-order valence-corrected chi connectivity index (χ2v) is 3.92. The Balaban J connectivity index is 2.83. The highest BCUT2D eigenvalue weighted by atomic mass is 19.1. The number of halogens is 1. The van der Waals surface area contributed by atoms with Crippen molar-refractivity contribution in [3.63, 3.8) is 0 Å². The molecule has 1 unspecified atom stereocenters. The molecule has 1 amide bonds. The number of nitrogens with one attached hydrogen (secondary N) is 1. The van der Waals surface area contributed by atoms with Crippen molar-refractivity contribution in [2.75, 3.05) is 6.54 Å². The van der Waals surface area contributed by atoms with E-state index < -0.39 is 22.8 Å². The molecule has 0 heterocycles. The predicted octanol–water partition coefficient (Wildman–Crippen LogP) is 2.03. The van der Waals surface area contributed by atoms with Gasteiger partial charge in [-0.05, 0) is 19.4 Å². The minimum absolute atomic E-state index is 0.260. The van der Waals surface area contributed by atoms with Crippen molar-refractivity contribution in [2.45, 2.75) is 26.4 Å². The number of hydrogen-bond acceptors (Lipinski definition) is 4. The molecular formula is C12H15FN2O4. The van der Waals surface area contributed by atoms with Crippen LogP contribution in [0.4, 0.5) is 10.1 Å². The van der Waals surface area contributed by atoms with Crippen LogP contribution in [0.25, 0.3) is 0 Å². The van der Waals surface area contributed by atoms with Gasteiger partial charge in [-0.25, -0.2) is 4.39 Å². The minimum atomic E-state index is -0.938. The molecule has 1 atom stereocenters. The molecule has 1 aromatic carbocycles. The molecule has 0 saturated heterocycles. The van der Waals surface area contributed by atoms with Gasteiger partial charge in [0.15, 0.2) is 6.10 Å². The van der Waals surface area contributed by atoms with E-state index in [1.807, 2.05) is 6.92 Å². The fourth-order valence-electron chi connectivity index (χ4n) is 1.37. The monoisotopic (exact) mass is 270 g/mol. The van der Waals surface area contributed by atoms with Crippen molar-refractivity contribution >= 4 is 11.6 Å². The maximum atomic E-state index is 13.1. The summed E-state index contributed by atoms with van der Waals surface area (Å²) in [4.78, 5) is 21.6. The summed E-state index contributed by atoms with van der Waals surface area (Å²) in [5.74, 6) is -1.33. The summed E-state index contributed by atoms with van der Waals surface area (Å²) in [5, 5.41) is 13.3. The molecule has 0 saturated carbocycles. The third kappa shape index (κ3) is 4.20. The van der Waals surface area contributed by atoms with Crippen LogP contribution in [0.5, 0.6) is 5.75 Å². The van der Waals surface area contributed by atoms with Gasteiger partial charge in [0.2, 0.25) is 5.75 Å². The molecule has 0 aromatic heterocycles. The molecule has 0 bridgehead atoms. The first-order valence-corrected chi connectivity index (χ1v) is 5.84. The highest BCUT2D eigenvalue weighted by Crippen LogP contribution is 2.28. The van der Waals surface area contributed by atoms with Gasteiger partial charge < -0.3 is 10.1 Å². The summed E-state index contributed by atoms with van der Waals surface area (Å²) in [7, 11) is 0. The van der Waals surface area contributed by atoms with Crippen LogP contribution in [0.2, 0.25) is 0 Å². The Labute approximate surface area is 109 Å². The van der Waals surface area contributed by atoms with Gasteiger partial charge in [-0.1, -0.05) is 6.92 Å². The highest BCUT2D eigenvalue weighted by Gasteiger charge is 2.21. The number of nitrogens with zero attached hydrogens (tertiary/aromatic N) is 1. The fraction of sp³-hybridized carbons (Fsp3) is 0.417. The van der Waals surface area contributed by atoms with Crippen molar-refractivity contribution < 1.29 is 18.8 Å². The zero-order chi connectivity index (χ0) is 14.4. The third-order valence-corrected chi connectivity index (χ3v) is 2.34. The molecule has 6 nitrogen and oxygen atoms in total. The molecule has 1 aromatic rings. The lowest BCUT2D eigenvalue weighted by Crippen LogP contribution is -2.36. The van der Waals surface area contributed by atoms with E-state index in [2.05, 4.69) is 5.32 Å². The molecule has 0 radical (unpaired) electrons. The zero-order valence-corrected chi connectivity index (χ0v) is 10.7. The van der Waals surface area contributed by atoms with E-state index >= 15 is 0 Å². The Morgan fingerprint density at radius 1 is 1.58 bits per heavy atom. The second kappa shape index (κ2) is 6.67. The Morgan fingerprint density at radius 2 is 2.26 bits per heavy atom. The summed E-state index contributed by atoms with van der Waals surface area (Å²) in [6.07, 6.45) is -0.175. The van der Waals surface area contributed by atoms with Crippen LogP contribution in [-0.4, -0.2) is 23.5 Å². The van der Waals surface area contributed by atoms with E-state index in [-0.39, 0.29) is 11.4 Å². The SMILES string of the molecule is CCCNC(=O)C(C)Oc1cc(F)ccc1[N+](=O)[O-]. The van der Waals surface area contributed by atoms with Crippen LogP contribution in [0.15, 0.2) is 18.2 Å². The molecule has 0 fully saturated rings. The fourth-order valence-corrected chi connectivity index (χ4v) is 1.37. The summed E-state index contributed by atoms with van der Waals surface area (Å²) in [6, 6.07) is 2.86. The third-order valence-electron chi connectivity index (χ3n) is 2.34. The van der Waals surface area contributed by atoms with Gasteiger partial charge in [0, 0.05) is 18.7 Å². The second-order valence-electron chi connectivity index (χ2n) is 3.92. The molecule has 104 valence electrons. The van der Waals surface area contributed by atoms with E-state index in [9.17, 15) is 19.3 Å². The number of nitro benzene ring substituents is 1. The van der Waals surface area contributed by atoms with Gasteiger partial charge in [0.05, 0.1) is 4.92 Å². The van der Waals surface area contributed by atoms with E-state index in [1.54, 1.807) is 0 Å². The zero-order valence-electron chi connectivity index (χ0n) is 10.7. The Morgan fingerprint density at radius 3 is 2.84 bits per heavy atom. The van der Waals surface area contributed by atoms with E-state index in [4.69, 9.17) is 4.74 Å². The Bertz CT molecular complexity index is 479. The number of carbonyl (C=O) groups excluding carboxylic acids is 1. The lowest BCUT2D eigenvalue weighted by Gasteiger charge is -2.14. The van der Waals surface area contributed by atoms with Gasteiger partial charge in [-0.3, -0.25) is 14.9 Å². The lowest BCUT2D eigenvalue weighted by atomic mass is 10.2. The molecule has 1 N–H and O–H groups in total. The van der Waals surface area contributed by atoms with Gasteiger partial charge in [-0.15, -0.1) is 0 Å². The van der Waals surface area contributed by atoms with Gasteiger partial charge >= 0.3 is 5.69 Å². The highest BCUT2D eigenvalue weighted by molar-refractivity contribution is 5.80. The van der Waals surface area contributed by atoms with Crippen LogP contribution in [0.3, 0.4) is 0 Å². The standard InChI is InChI=1S/C12H15FN2O4/c1-3-6-14-12(16)8(2)19-11-7-9(13)4-5-10(11)15(17)18/h4-5,7-8H,3,6H2,1-2H3,(H,14,16). The molecule has 19 heavy (non-hydrogen) atoms. The molecule has 0 spiro atoms. The summed E-state index contributed by atoms with van der Waals surface area (Å²) in [6.45, 7) is 3.82. The van der Waals surface area contributed by atoms with Crippen molar-refractivity contribution in [1.29, 1.82) is 0 Å². The molecule has 0 aliphatic heterocycles. The normalized spacial score (nSPS) is 11.7. The number of benzene rings is 1. The Hall–Kier alpha value is -2.18. The maximum absolute atomic E-state index is 13.1. The van der Waals surface area contributed by atoms with Gasteiger partial charge in [0.1, 0.15) is 5.82 Å². The predicted molar refractivity (Wildman–Crippen MR) is 66.4 cm³/mol. The quantitative estimate of drug-likeness (QED) is 0.633. The van der Waals surface area contributed by atoms with E-state index in [0.29, 0.717) is 6.54 Å². The molecule has 7 heteroatoms. The van der Waals surface area contributed by atoms with Crippen LogP contribution >= 0.6 is 0 Å². The summed E-state index contributed by atoms with van der Waals surface area (Å²) < 4.78 is 18.2. The van der Waals surface area contributed by atoms with Crippen LogP contribution in [-0.2, 0) is 4.79 Å². The first-order valence-electron chi connectivity index (χ1n) is 5.84. The lowest BCUT2D eigenvalue weighted by molar-refractivity contribution is -0.386. The first-order chi connectivity index (χ1) is 8.95. The van der Waals surface area contributed by atoms with Crippen LogP contribution in [0, 0.1) is 15.9 Å². The number of amides is 1. The van der Waals surface area contributed by atoms with Crippen LogP contribution in [0.1, 0.15) is 20.3 Å². The molecule has 0 aliphatic rings. The van der Waals surface area contributed by atoms with Crippen molar-refractivity contribution in [2.24, 2.45) is 0 Å². The van der Waals surface area contributed by atoms with Crippen molar-refractivity contribution in [3.05, 3.63) is 34.1 Å². The minimum Gasteiger partial charge on any atom is -0.474 e. The number of rotatable bonds is 6. The molecule has 1 rings (SSSR count). The average Bonchev–Trinajstić information content (AvgIpc) is 2.35. The molecule has 0 aliphatic carbocycles. The van der Waals surface area contributed by atoms with Crippen molar-refractivity contribution in [1.82, 2.24) is 5.32 Å². The van der Waals surface area contributed by atoms with Crippen molar-refractivity contribution in [3.8, 4) is 5.75 Å². The van der Waals surface area contributed by atoms with E-state index in [1.165, 1.54) is 6.92 Å². The Kier molecular flexibility index (Phi) is 5.23. The largest absolute Gasteiger partial charge is 0.474 e. The van der Waals surface area contributed by atoms with Crippen LogP contribution < -0.4 is 10.1 Å². The van der Waals surface area contributed by atoms with Gasteiger partial charge in [0.25, 0.3) is 5.91 Å².